The van der Waals surface area contributed by atoms with Crippen molar-refractivity contribution in [3.05, 3.63) is 29.6 Å². The van der Waals surface area contributed by atoms with Gasteiger partial charge in [-0.15, -0.1) is 0 Å². The predicted molar refractivity (Wildman–Crippen MR) is 78.3 cm³/mol. The highest BCUT2D eigenvalue weighted by Gasteiger charge is 2.28. The molecule has 0 amide bonds. The zero-order valence-corrected chi connectivity index (χ0v) is 12.0. The van der Waals surface area contributed by atoms with Crippen LogP contribution in [0, 0.1) is 11.7 Å². The number of rotatable bonds is 6. The Morgan fingerprint density at radius 3 is 2.75 bits per heavy atom. The average Bonchev–Trinajstić information content (AvgIpc) is 3.18. The topological polar surface area (TPSA) is 35.5 Å². The van der Waals surface area contributed by atoms with E-state index in [2.05, 4.69) is 17.3 Å². The van der Waals surface area contributed by atoms with Crippen LogP contribution < -0.4 is 10.2 Å². The van der Waals surface area contributed by atoms with Gasteiger partial charge in [0.15, 0.2) is 0 Å². The number of hydrogen-bond donors (Lipinski definition) is 2. The van der Waals surface area contributed by atoms with E-state index in [-0.39, 0.29) is 11.9 Å². The minimum Gasteiger partial charge on any atom is -0.393 e. The van der Waals surface area contributed by atoms with Crippen molar-refractivity contribution < 1.29 is 9.50 Å². The third kappa shape index (κ3) is 3.30. The molecule has 2 saturated carbocycles. The number of hydrogen-bond acceptors (Lipinski definition) is 3. The van der Waals surface area contributed by atoms with E-state index in [4.69, 9.17) is 0 Å². The van der Waals surface area contributed by atoms with Crippen LogP contribution in [-0.2, 0) is 6.54 Å². The van der Waals surface area contributed by atoms with Crippen LogP contribution in [0.15, 0.2) is 18.2 Å². The molecule has 2 fully saturated rings. The van der Waals surface area contributed by atoms with Crippen LogP contribution >= 0.6 is 0 Å². The van der Waals surface area contributed by atoms with Crippen LogP contribution in [0.25, 0.3) is 0 Å². The fraction of sp³-hybridized carbons (Fsp3) is 0.625. The van der Waals surface area contributed by atoms with E-state index in [9.17, 15) is 9.50 Å². The molecule has 0 aromatic heterocycles. The van der Waals surface area contributed by atoms with Gasteiger partial charge in [0.1, 0.15) is 5.82 Å². The van der Waals surface area contributed by atoms with Crippen LogP contribution in [0.2, 0.25) is 0 Å². The summed E-state index contributed by atoms with van der Waals surface area (Å²) in [6.45, 7) is 1.66. The molecule has 0 unspecified atom stereocenters. The first kappa shape index (κ1) is 13.8. The zero-order valence-electron chi connectivity index (χ0n) is 12.0. The Kier molecular flexibility index (Phi) is 3.94. The molecular weight excluding hydrogens is 255 g/mol. The van der Waals surface area contributed by atoms with Crippen molar-refractivity contribution in [1.29, 1.82) is 0 Å². The normalized spacial score (nSPS) is 25.4. The van der Waals surface area contributed by atoms with Crippen LogP contribution in [0.4, 0.5) is 10.1 Å². The first-order chi connectivity index (χ1) is 9.61. The van der Waals surface area contributed by atoms with Crippen LogP contribution in [0.3, 0.4) is 0 Å². The highest BCUT2D eigenvalue weighted by molar-refractivity contribution is 5.53. The number of aliphatic hydroxyl groups excluding tert-OH is 1. The summed E-state index contributed by atoms with van der Waals surface area (Å²) in [5.41, 5.74) is 2.13. The van der Waals surface area contributed by atoms with E-state index in [1.54, 1.807) is 6.07 Å². The summed E-state index contributed by atoms with van der Waals surface area (Å²) in [6, 6.07) is 5.66. The number of anilines is 1. The maximum absolute atomic E-state index is 13.5. The minimum absolute atomic E-state index is 0.113. The molecule has 2 aliphatic carbocycles. The predicted octanol–water partition coefficient (Wildman–Crippen LogP) is 2.28. The van der Waals surface area contributed by atoms with Crippen molar-refractivity contribution in [2.24, 2.45) is 5.92 Å². The molecule has 0 spiro atoms. The Labute approximate surface area is 119 Å². The SMILES string of the molecule is CN(CC1CC(O)C1)c1ccc(F)cc1CNC1CC1. The molecule has 0 radical (unpaired) electrons. The van der Waals surface area contributed by atoms with Gasteiger partial charge in [-0.2, -0.15) is 0 Å². The first-order valence-corrected chi connectivity index (χ1v) is 7.53. The summed E-state index contributed by atoms with van der Waals surface area (Å²) >= 11 is 0. The second-order valence-corrected chi connectivity index (χ2v) is 6.30. The van der Waals surface area contributed by atoms with Gasteiger partial charge in [0.25, 0.3) is 0 Å². The van der Waals surface area contributed by atoms with Crippen molar-refractivity contribution in [3.63, 3.8) is 0 Å². The third-order valence-electron chi connectivity index (χ3n) is 4.35. The first-order valence-electron chi connectivity index (χ1n) is 7.53. The van der Waals surface area contributed by atoms with Crippen molar-refractivity contribution in [2.75, 3.05) is 18.5 Å². The molecule has 4 heteroatoms. The van der Waals surface area contributed by atoms with Crippen molar-refractivity contribution >= 4 is 5.69 Å². The zero-order chi connectivity index (χ0) is 14.1. The molecular formula is C16H23FN2O. The highest BCUT2D eigenvalue weighted by atomic mass is 19.1. The summed E-state index contributed by atoms with van der Waals surface area (Å²) in [5.74, 6) is 0.387. The lowest BCUT2D eigenvalue weighted by Gasteiger charge is -2.35. The Bertz CT molecular complexity index is 470. The smallest absolute Gasteiger partial charge is 0.123 e. The molecule has 3 nitrogen and oxygen atoms in total. The Balaban J connectivity index is 1.66. The molecule has 2 aliphatic rings. The van der Waals surface area contributed by atoms with Gasteiger partial charge < -0.3 is 15.3 Å². The molecule has 0 atom stereocenters. The fourth-order valence-corrected chi connectivity index (χ4v) is 2.95. The second-order valence-electron chi connectivity index (χ2n) is 6.30. The van der Waals surface area contributed by atoms with Crippen molar-refractivity contribution in [3.8, 4) is 0 Å². The van der Waals surface area contributed by atoms with Gasteiger partial charge in [-0.1, -0.05) is 0 Å². The number of aliphatic hydroxyl groups is 1. The van der Waals surface area contributed by atoms with Gasteiger partial charge in [0.05, 0.1) is 6.10 Å². The van der Waals surface area contributed by atoms with Crippen molar-refractivity contribution in [2.45, 2.75) is 44.4 Å². The Morgan fingerprint density at radius 1 is 1.35 bits per heavy atom. The summed E-state index contributed by atoms with van der Waals surface area (Å²) < 4.78 is 13.5. The standard InChI is InChI=1S/C16H23FN2O/c1-19(10-11-6-15(20)7-11)16-5-2-13(17)8-12(16)9-18-14-3-4-14/h2,5,8,11,14-15,18,20H,3-4,6-7,9-10H2,1H3. The Morgan fingerprint density at radius 2 is 2.10 bits per heavy atom. The lowest BCUT2D eigenvalue weighted by molar-refractivity contribution is 0.0464. The molecule has 0 aliphatic heterocycles. The largest absolute Gasteiger partial charge is 0.393 e. The van der Waals surface area contributed by atoms with Crippen LogP contribution in [-0.4, -0.2) is 30.8 Å². The fourth-order valence-electron chi connectivity index (χ4n) is 2.95. The summed E-state index contributed by atoms with van der Waals surface area (Å²) in [6.07, 6.45) is 4.14. The molecule has 0 bridgehead atoms. The second kappa shape index (κ2) is 5.70. The van der Waals surface area contributed by atoms with Gasteiger partial charge in [-0.3, -0.25) is 0 Å². The number of nitrogens with one attached hydrogen (secondary N) is 1. The molecule has 3 rings (SSSR count). The molecule has 110 valence electrons. The van der Waals surface area contributed by atoms with Gasteiger partial charge in [-0.05, 0) is 55.4 Å². The lowest BCUT2D eigenvalue weighted by atomic mass is 9.82. The van der Waals surface area contributed by atoms with Gasteiger partial charge in [-0.25, -0.2) is 4.39 Å². The van der Waals surface area contributed by atoms with E-state index < -0.39 is 0 Å². The van der Waals surface area contributed by atoms with E-state index in [0.717, 1.165) is 37.2 Å². The molecule has 20 heavy (non-hydrogen) atoms. The number of halogens is 1. The molecule has 0 saturated heterocycles. The molecule has 1 aromatic rings. The van der Waals surface area contributed by atoms with E-state index >= 15 is 0 Å². The number of benzene rings is 1. The summed E-state index contributed by atoms with van der Waals surface area (Å²) in [5, 5.41) is 12.8. The molecule has 2 N–H and O–H groups in total. The van der Waals surface area contributed by atoms with E-state index in [1.165, 1.54) is 18.9 Å². The summed E-state index contributed by atoms with van der Waals surface area (Å²) in [7, 11) is 2.05. The van der Waals surface area contributed by atoms with Crippen LogP contribution in [0.1, 0.15) is 31.2 Å². The van der Waals surface area contributed by atoms with E-state index in [0.29, 0.717) is 12.0 Å². The van der Waals surface area contributed by atoms with Gasteiger partial charge in [0.2, 0.25) is 0 Å². The minimum atomic E-state index is -0.172. The quantitative estimate of drug-likeness (QED) is 0.838. The number of nitrogens with zero attached hydrogens (tertiary/aromatic N) is 1. The van der Waals surface area contributed by atoms with Gasteiger partial charge in [0, 0.05) is 31.9 Å². The molecule has 0 heterocycles. The van der Waals surface area contributed by atoms with Gasteiger partial charge >= 0.3 is 0 Å². The van der Waals surface area contributed by atoms with Crippen LogP contribution in [0.5, 0.6) is 0 Å². The average molecular weight is 278 g/mol. The maximum atomic E-state index is 13.5. The monoisotopic (exact) mass is 278 g/mol. The third-order valence-corrected chi connectivity index (χ3v) is 4.35. The highest BCUT2D eigenvalue weighted by Crippen LogP contribution is 2.30. The van der Waals surface area contributed by atoms with Crippen molar-refractivity contribution in [1.82, 2.24) is 5.32 Å². The molecule has 1 aromatic carbocycles. The Hall–Kier alpha value is -1.13. The summed E-state index contributed by atoms with van der Waals surface area (Å²) in [4.78, 5) is 2.19. The maximum Gasteiger partial charge on any atom is 0.123 e. The lowest BCUT2D eigenvalue weighted by Crippen LogP contribution is -2.37. The van der Waals surface area contributed by atoms with E-state index in [1.807, 2.05) is 6.07 Å².